The lowest BCUT2D eigenvalue weighted by Gasteiger charge is -2.09. The number of hydrogen-bond donors (Lipinski definition) is 2. The number of aromatic nitrogens is 2. The minimum Gasteiger partial charge on any atom is -0.379 e. The van der Waals surface area contributed by atoms with Crippen LogP contribution in [-0.2, 0) is 6.54 Å². The summed E-state index contributed by atoms with van der Waals surface area (Å²) in [6.45, 7) is 2.89. The third-order valence-electron chi connectivity index (χ3n) is 3.19. The van der Waals surface area contributed by atoms with E-state index >= 15 is 0 Å². The number of H-pyrrole nitrogens is 1. The highest BCUT2D eigenvalue weighted by molar-refractivity contribution is 5.83. The average molecular weight is 237 g/mol. The van der Waals surface area contributed by atoms with Gasteiger partial charge in [0, 0.05) is 29.8 Å². The van der Waals surface area contributed by atoms with Crippen LogP contribution in [0.2, 0.25) is 0 Å². The molecule has 3 aromatic rings. The smallest absolute Gasteiger partial charge is 0.0559 e. The number of rotatable bonds is 3. The molecule has 0 saturated heterocycles. The molecule has 3 heteroatoms. The normalized spacial score (nSPS) is 10.7. The van der Waals surface area contributed by atoms with Crippen molar-refractivity contribution in [2.75, 3.05) is 5.32 Å². The molecule has 0 spiro atoms. The minimum atomic E-state index is 0.807. The monoisotopic (exact) mass is 237 g/mol. The van der Waals surface area contributed by atoms with E-state index < -0.39 is 0 Å². The van der Waals surface area contributed by atoms with Crippen molar-refractivity contribution in [3.05, 3.63) is 60.0 Å². The molecule has 0 aliphatic carbocycles. The van der Waals surface area contributed by atoms with Crippen molar-refractivity contribution in [1.29, 1.82) is 0 Å². The largest absolute Gasteiger partial charge is 0.379 e. The predicted molar refractivity (Wildman–Crippen MR) is 74.6 cm³/mol. The molecule has 3 rings (SSSR count). The second-order valence-corrected chi connectivity index (χ2v) is 4.40. The molecule has 2 heterocycles. The van der Waals surface area contributed by atoms with Gasteiger partial charge in [-0.1, -0.05) is 12.1 Å². The first-order valence-electron chi connectivity index (χ1n) is 6.04. The molecule has 0 aliphatic heterocycles. The van der Waals surface area contributed by atoms with Crippen LogP contribution in [0.25, 0.3) is 10.9 Å². The highest BCUT2D eigenvalue weighted by Crippen LogP contribution is 2.19. The first-order valence-corrected chi connectivity index (χ1v) is 6.04. The summed E-state index contributed by atoms with van der Waals surface area (Å²) >= 11 is 0. The number of anilines is 1. The van der Waals surface area contributed by atoms with E-state index in [9.17, 15) is 0 Å². The van der Waals surface area contributed by atoms with Crippen molar-refractivity contribution >= 4 is 16.6 Å². The standard InChI is InChI=1S/C15H15N3/c1-11-5-7-16-10-15(11)18-9-12-3-2-4-14-13(12)6-8-17-14/h2-8,10,17-18H,9H2,1H3. The van der Waals surface area contributed by atoms with Crippen LogP contribution in [0.1, 0.15) is 11.1 Å². The van der Waals surface area contributed by atoms with Gasteiger partial charge in [0.25, 0.3) is 0 Å². The molecule has 0 fully saturated rings. The summed E-state index contributed by atoms with van der Waals surface area (Å²) < 4.78 is 0. The Morgan fingerprint density at radius 3 is 3.06 bits per heavy atom. The van der Waals surface area contributed by atoms with Crippen LogP contribution in [0.5, 0.6) is 0 Å². The third-order valence-corrected chi connectivity index (χ3v) is 3.19. The summed E-state index contributed by atoms with van der Waals surface area (Å²) in [6.07, 6.45) is 5.66. The number of benzene rings is 1. The van der Waals surface area contributed by atoms with Gasteiger partial charge in [0.1, 0.15) is 0 Å². The zero-order valence-corrected chi connectivity index (χ0v) is 10.3. The summed E-state index contributed by atoms with van der Waals surface area (Å²) in [7, 11) is 0. The topological polar surface area (TPSA) is 40.7 Å². The molecule has 0 radical (unpaired) electrons. The van der Waals surface area contributed by atoms with Crippen molar-refractivity contribution in [2.24, 2.45) is 0 Å². The molecule has 2 N–H and O–H groups in total. The molecule has 0 unspecified atom stereocenters. The van der Waals surface area contributed by atoms with Crippen LogP contribution in [0.3, 0.4) is 0 Å². The van der Waals surface area contributed by atoms with Crippen molar-refractivity contribution in [1.82, 2.24) is 9.97 Å². The van der Waals surface area contributed by atoms with E-state index in [0.717, 1.165) is 12.2 Å². The van der Waals surface area contributed by atoms with E-state index in [-0.39, 0.29) is 0 Å². The van der Waals surface area contributed by atoms with Crippen molar-refractivity contribution < 1.29 is 0 Å². The Kier molecular flexibility index (Phi) is 2.73. The Morgan fingerprint density at radius 2 is 2.17 bits per heavy atom. The molecular formula is C15H15N3. The van der Waals surface area contributed by atoms with Crippen LogP contribution in [0.15, 0.2) is 48.9 Å². The third kappa shape index (κ3) is 1.95. The number of aryl methyl sites for hydroxylation is 1. The van der Waals surface area contributed by atoms with Crippen molar-refractivity contribution in [2.45, 2.75) is 13.5 Å². The molecule has 2 aromatic heterocycles. The van der Waals surface area contributed by atoms with Gasteiger partial charge >= 0.3 is 0 Å². The van der Waals surface area contributed by atoms with E-state index in [4.69, 9.17) is 0 Å². The Labute approximate surface area is 106 Å². The molecule has 0 saturated carbocycles. The summed E-state index contributed by atoms with van der Waals surface area (Å²) in [6, 6.07) is 10.4. The van der Waals surface area contributed by atoms with Crippen LogP contribution in [-0.4, -0.2) is 9.97 Å². The number of hydrogen-bond acceptors (Lipinski definition) is 2. The predicted octanol–water partition coefficient (Wildman–Crippen LogP) is 3.48. The molecule has 3 nitrogen and oxygen atoms in total. The fraction of sp³-hybridized carbons (Fsp3) is 0.133. The number of nitrogens with zero attached hydrogens (tertiary/aromatic N) is 1. The van der Waals surface area contributed by atoms with Gasteiger partial charge in [0.15, 0.2) is 0 Å². The van der Waals surface area contributed by atoms with Crippen LogP contribution < -0.4 is 5.32 Å². The van der Waals surface area contributed by atoms with Crippen LogP contribution >= 0.6 is 0 Å². The van der Waals surface area contributed by atoms with E-state index in [1.807, 2.05) is 24.7 Å². The van der Waals surface area contributed by atoms with Gasteiger partial charge in [0.05, 0.1) is 11.9 Å². The number of fused-ring (bicyclic) bond motifs is 1. The molecule has 1 aromatic carbocycles. The molecule has 90 valence electrons. The summed E-state index contributed by atoms with van der Waals surface area (Å²) in [5, 5.41) is 4.70. The first-order chi connectivity index (χ1) is 8.84. The molecule has 0 bridgehead atoms. The van der Waals surface area contributed by atoms with E-state index in [1.54, 1.807) is 0 Å². The number of aromatic amines is 1. The van der Waals surface area contributed by atoms with Gasteiger partial charge in [-0.25, -0.2) is 0 Å². The van der Waals surface area contributed by atoms with Gasteiger partial charge in [-0.05, 0) is 36.2 Å². The van der Waals surface area contributed by atoms with Crippen LogP contribution in [0.4, 0.5) is 5.69 Å². The molecule has 0 amide bonds. The SMILES string of the molecule is Cc1ccncc1NCc1cccc2[nH]ccc12. The van der Waals surface area contributed by atoms with Crippen molar-refractivity contribution in [3.63, 3.8) is 0 Å². The van der Waals surface area contributed by atoms with Gasteiger partial charge in [0.2, 0.25) is 0 Å². The quantitative estimate of drug-likeness (QED) is 0.732. The van der Waals surface area contributed by atoms with Crippen LogP contribution in [0, 0.1) is 6.92 Å². The fourth-order valence-corrected chi connectivity index (χ4v) is 2.14. The number of nitrogens with one attached hydrogen (secondary N) is 2. The Balaban J connectivity index is 1.85. The Morgan fingerprint density at radius 1 is 1.22 bits per heavy atom. The summed E-state index contributed by atoms with van der Waals surface area (Å²) in [5.41, 5.74) is 4.77. The van der Waals surface area contributed by atoms with Gasteiger partial charge in [-0.2, -0.15) is 0 Å². The molecule has 18 heavy (non-hydrogen) atoms. The zero-order chi connectivity index (χ0) is 12.4. The zero-order valence-electron chi connectivity index (χ0n) is 10.3. The lowest BCUT2D eigenvalue weighted by atomic mass is 10.1. The van der Waals surface area contributed by atoms with E-state index in [2.05, 4.69) is 46.5 Å². The fourth-order valence-electron chi connectivity index (χ4n) is 2.14. The van der Waals surface area contributed by atoms with Gasteiger partial charge in [-0.3, -0.25) is 4.98 Å². The van der Waals surface area contributed by atoms with E-state index in [0.29, 0.717) is 0 Å². The maximum absolute atomic E-state index is 4.14. The van der Waals surface area contributed by atoms with E-state index in [1.165, 1.54) is 22.0 Å². The first kappa shape index (κ1) is 10.8. The average Bonchev–Trinajstić information content (AvgIpc) is 2.86. The maximum atomic E-state index is 4.14. The summed E-state index contributed by atoms with van der Waals surface area (Å²) in [5.74, 6) is 0. The highest BCUT2D eigenvalue weighted by atomic mass is 14.9. The lowest BCUT2D eigenvalue weighted by Crippen LogP contribution is -2.01. The Bertz CT molecular complexity index is 670. The van der Waals surface area contributed by atoms with Crippen molar-refractivity contribution in [3.8, 4) is 0 Å². The maximum Gasteiger partial charge on any atom is 0.0559 e. The second kappa shape index (κ2) is 4.53. The Hall–Kier alpha value is -2.29. The molecule has 0 atom stereocenters. The van der Waals surface area contributed by atoms with Gasteiger partial charge < -0.3 is 10.3 Å². The number of pyridine rings is 1. The molecular weight excluding hydrogens is 222 g/mol. The minimum absolute atomic E-state index is 0.807. The molecule has 0 aliphatic rings. The summed E-state index contributed by atoms with van der Waals surface area (Å²) in [4.78, 5) is 7.37. The second-order valence-electron chi connectivity index (χ2n) is 4.40. The highest BCUT2D eigenvalue weighted by Gasteiger charge is 2.02. The lowest BCUT2D eigenvalue weighted by molar-refractivity contribution is 1.14. The van der Waals surface area contributed by atoms with Gasteiger partial charge in [-0.15, -0.1) is 0 Å².